The standard InChI is InChI=1S/C20H27N3O/c1-4-7-16-12-18(24)22-19(21-16)17-9-6-5-8-15(17)13-23-11-10-20(2,3)14-23/h5-6,8-9,12H,4,7,10-11,13-14H2,1-3H3,(H,21,22,24). The van der Waals surface area contributed by atoms with Gasteiger partial charge >= 0.3 is 0 Å². The predicted molar refractivity (Wildman–Crippen MR) is 98.0 cm³/mol. The van der Waals surface area contributed by atoms with Gasteiger partial charge in [-0.05, 0) is 30.4 Å². The number of aromatic nitrogens is 2. The van der Waals surface area contributed by atoms with Gasteiger partial charge in [0.2, 0.25) is 0 Å². The van der Waals surface area contributed by atoms with E-state index in [2.05, 4.69) is 53.8 Å². The molecule has 24 heavy (non-hydrogen) atoms. The molecule has 128 valence electrons. The van der Waals surface area contributed by atoms with Crippen LogP contribution < -0.4 is 5.56 Å². The maximum absolute atomic E-state index is 12.0. The average Bonchev–Trinajstić information content (AvgIpc) is 2.86. The van der Waals surface area contributed by atoms with E-state index in [9.17, 15) is 4.79 Å². The van der Waals surface area contributed by atoms with Gasteiger partial charge in [0.05, 0.1) is 0 Å². The van der Waals surface area contributed by atoms with Crippen LogP contribution in [0.3, 0.4) is 0 Å². The zero-order chi connectivity index (χ0) is 17.2. The van der Waals surface area contributed by atoms with E-state index in [4.69, 9.17) is 0 Å². The predicted octanol–water partition coefficient (Wildman–Crippen LogP) is 3.62. The molecule has 2 heterocycles. The summed E-state index contributed by atoms with van der Waals surface area (Å²) in [4.78, 5) is 22.1. The van der Waals surface area contributed by atoms with Crippen molar-refractivity contribution in [1.29, 1.82) is 0 Å². The molecule has 0 radical (unpaired) electrons. The topological polar surface area (TPSA) is 49.0 Å². The lowest BCUT2D eigenvalue weighted by atomic mass is 9.93. The first kappa shape index (κ1) is 16.9. The molecule has 0 unspecified atom stereocenters. The Kier molecular flexibility index (Phi) is 4.86. The van der Waals surface area contributed by atoms with Crippen molar-refractivity contribution in [2.45, 2.75) is 46.6 Å². The zero-order valence-corrected chi connectivity index (χ0v) is 14.9. The van der Waals surface area contributed by atoms with E-state index < -0.39 is 0 Å². The number of aryl methyl sites for hydroxylation is 1. The number of nitrogens with zero attached hydrogens (tertiary/aromatic N) is 2. The van der Waals surface area contributed by atoms with Gasteiger partial charge in [-0.1, -0.05) is 51.5 Å². The highest BCUT2D eigenvalue weighted by atomic mass is 16.1. The third-order valence-corrected chi connectivity index (χ3v) is 4.72. The monoisotopic (exact) mass is 325 g/mol. The Balaban J connectivity index is 1.91. The highest BCUT2D eigenvalue weighted by molar-refractivity contribution is 5.60. The summed E-state index contributed by atoms with van der Waals surface area (Å²) in [7, 11) is 0. The van der Waals surface area contributed by atoms with Gasteiger partial charge in [-0.2, -0.15) is 0 Å². The van der Waals surface area contributed by atoms with E-state index in [1.54, 1.807) is 6.07 Å². The smallest absolute Gasteiger partial charge is 0.251 e. The van der Waals surface area contributed by atoms with Gasteiger partial charge in [-0.15, -0.1) is 0 Å². The molecule has 1 aliphatic heterocycles. The Morgan fingerprint density at radius 2 is 2.08 bits per heavy atom. The lowest BCUT2D eigenvalue weighted by molar-refractivity contribution is 0.284. The summed E-state index contributed by atoms with van der Waals surface area (Å²) < 4.78 is 0. The Bertz CT molecular complexity index is 763. The minimum atomic E-state index is -0.0689. The van der Waals surface area contributed by atoms with Gasteiger partial charge in [0.1, 0.15) is 5.82 Å². The Labute approximate surface area is 143 Å². The summed E-state index contributed by atoms with van der Waals surface area (Å²) >= 11 is 0. The lowest BCUT2D eigenvalue weighted by Gasteiger charge is -2.21. The molecule has 3 rings (SSSR count). The molecule has 1 saturated heterocycles. The molecular formula is C20H27N3O. The molecule has 4 heteroatoms. The maximum atomic E-state index is 12.0. The van der Waals surface area contributed by atoms with Crippen LogP contribution in [0.4, 0.5) is 0 Å². The van der Waals surface area contributed by atoms with Crippen molar-refractivity contribution in [1.82, 2.24) is 14.9 Å². The van der Waals surface area contributed by atoms with Crippen LogP contribution in [0, 0.1) is 5.41 Å². The normalized spacial score (nSPS) is 17.3. The van der Waals surface area contributed by atoms with Gasteiger partial charge in [0.25, 0.3) is 5.56 Å². The van der Waals surface area contributed by atoms with Gasteiger partial charge in [0.15, 0.2) is 0 Å². The van der Waals surface area contributed by atoms with Crippen LogP contribution in [0.5, 0.6) is 0 Å². The highest BCUT2D eigenvalue weighted by Gasteiger charge is 2.29. The van der Waals surface area contributed by atoms with E-state index in [1.807, 2.05) is 6.07 Å². The Morgan fingerprint density at radius 1 is 1.29 bits per heavy atom. The number of benzene rings is 1. The zero-order valence-electron chi connectivity index (χ0n) is 14.9. The van der Waals surface area contributed by atoms with E-state index in [1.165, 1.54) is 12.0 Å². The summed E-state index contributed by atoms with van der Waals surface area (Å²) in [6, 6.07) is 9.89. The maximum Gasteiger partial charge on any atom is 0.251 e. The molecular weight excluding hydrogens is 298 g/mol. The molecule has 4 nitrogen and oxygen atoms in total. The van der Waals surface area contributed by atoms with Crippen LogP contribution in [0.15, 0.2) is 35.1 Å². The second-order valence-electron chi connectivity index (χ2n) is 7.62. The number of aromatic amines is 1. The molecule has 1 fully saturated rings. The molecule has 0 amide bonds. The number of likely N-dealkylation sites (tertiary alicyclic amines) is 1. The van der Waals surface area contributed by atoms with Gasteiger partial charge in [-0.3, -0.25) is 9.69 Å². The fraction of sp³-hybridized carbons (Fsp3) is 0.500. The molecule has 0 aliphatic carbocycles. The van der Waals surface area contributed by atoms with Crippen molar-refractivity contribution in [2.24, 2.45) is 5.41 Å². The minimum Gasteiger partial charge on any atom is -0.307 e. The highest BCUT2D eigenvalue weighted by Crippen LogP contribution is 2.31. The molecule has 0 saturated carbocycles. The van der Waals surface area contributed by atoms with Crippen LogP contribution in [-0.2, 0) is 13.0 Å². The molecule has 1 aromatic carbocycles. The molecule has 0 bridgehead atoms. The fourth-order valence-corrected chi connectivity index (χ4v) is 3.51. The molecule has 1 aliphatic rings. The number of nitrogens with one attached hydrogen (secondary N) is 1. The second kappa shape index (κ2) is 6.89. The van der Waals surface area contributed by atoms with Crippen molar-refractivity contribution in [2.75, 3.05) is 13.1 Å². The first-order valence-electron chi connectivity index (χ1n) is 8.88. The van der Waals surface area contributed by atoms with E-state index in [0.29, 0.717) is 11.2 Å². The van der Waals surface area contributed by atoms with Crippen molar-refractivity contribution in [3.8, 4) is 11.4 Å². The molecule has 1 aromatic heterocycles. The Morgan fingerprint density at radius 3 is 2.79 bits per heavy atom. The van der Waals surface area contributed by atoms with Crippen LogP contribution in [0.25, 0.3) is 11.4 Å². The number of rotatable bonds is 5. The minimum absolute atomic E-state index is 0.0689. The summed E-state index contributed by atoms with van der Waals surface area (Å²) in [6.07, 6.45) is 3.05. The van der Waals surface area contributed by atoms with E-state index >= 15 is 0 Å². The second-order valence-corrected chi connectivity index (χ2v) is 7.62. The van der Waals surface area contributed by atoms with Crippen molar-refractivity contribution >= 4 is 0 Å². The summed E-state index contributed by atoms with van der Waals surface area (Å²) in [6.45, 7) is 9.90. The average molecular weight is 325 g/mol. The third-order valence-electron chi connectivity index (χ3n) is 4.72. The Hall–Kier alpha value is -1.94. The molecule has 1 N–H and O–H groups in total. The third kappa shape index (κ3) is 3.93. The van der Waals surface area contributed by atoms with Gasteiger partial charge in [0, 0.05) is 30.4 Å². The summed E-state index contributed by atoms with van der Waals surface area (Å²) in [5.74, 6) is 0.694. The molecule has 0 atom stereocenters. The van der Waals surface area contributed by atoms with Crippen LogP contribution in [0.1, 0.15) is 44.9 Å². The number of hydrogen-bond donors (Lipinski definition) is 1. The van der Waals surface area contributed by atoms with Crippen LogP contribution in [0.2, 0.25) is 0 Å². The fourth-order valence-electron chi connectivity index (χ4n) is 3.51. The summed E-state index contributed by atoms with van der Waals surface area (Å²) in [5, 5.41) is 0. The quantitative estimate of drug-likeness (QED) is 0.913. The first-order chi connectivity index (χ1) is 11.5. The van der Waals surface area contributed by atoms with E-state index in [-0.39, 0.29) is 5.56 Å². The molecule has 0 spiro atoms. The number of H-pyrrole nitrogens is 1. The lowest BCUT2D eigenvalue weighted by Crippen LogP contribution is -2.23. The first-order valence-corrected chi connectivity index (χ1v) is 8.88. The van der Waals surface area contributed by atoms with Gasteiger partial charge < -0.3 is 4.98 Å². The van der Waals surface area contributed by atoms with Crippen molar-refractivity contribution < 1.29 is 0 Å². The largest absolute Gasteiger partial charge is 0.307 e. The van der Waals surface area contributed by atoms with Crippen molar-refractivity contribution in [3.63, 3.8) is 0 Å². The van der Waals surface area contributed by atoms with Gasteiger partial charge in [-0.25, -0.2) is 4.98 Å². The van der Waals surface area contributed by atoms with Crippen molar-refractivity contribution in [3.05, 3.63) is 51.9 Å². The molecule has 2 aromatic rings. The number of hydrogen-bond acceptors (Lipinski definition) is 3. The van der Waals surface area contributed by atoms with Crippen LogP contribution in [-0.4, -0.2) is 28.0 Å². The van der Waals surface area contributed by atoms with E-state index in [0.717, 1.165) is 43.7 Å². The van der Waals surface area contributed by atoms with Crippen LogP contribution >= 0.6 is 0 Å². The SMILES string of the molecule is CCCc1cc(=O)[nH]c(-c2ccccc2CN2CCC(C)(C)C2)n1. The summed E-state index contributed by atoms with van der Waals surface area (Å²) in [5.41, 5.74) is 3.46.